The van der Waals surface area contributed by atoms with Gasteiger partial charge in [0.15, 0.2) is 12.4 Å². The second kappa shape index (κ2) is 7.93. The third-order valence-corrected chi connectivity index (χ3v) is 4.79. The fourth-order valence-electron chi connectivity index (χ4n) is 3.60. The molecule has 0 saturated carbocycles. The largest absolute Gasteiger partial charge is 1.00 e. The van der Waals surface area contributed by atoms with Crippen molar-refractivity contribution < 1.29 is 28.5 Å². The minimum Gasteiger partial charge on any atom is -1.00 e. The maximum atomic E-state index is 9.63. The summed E-state index contributed by atoms with van der Waals surface area (Å²) in [5, 5.41) is 12.1. The van der Waals surface area contributed by atoms with Gasteiger partial charge in [-0.25, -0.2) is 4.57 Å². The maximum Gasteiger partial charge on any atom is 0.177 e. The number of rotatable bonds is 3. The van der Waals surface area contributed by atoms with E-state index in [0.29, 0.717) is 5.57 Å². The van der Waals surface area contributed by atoms with Crippen LogP contribution >= 0.6 is 0 Å². The van der Waals surface area contributed by atoms with Crippen LogP contribution in [0.5, 0.6) is 0 Å². The molecule has 0 fully saturated rings. The van der Waals surface area contributed by atoms with Crippen molar-refractivity contribution in [3.63, 3.8) is 0 Å². The van der Waals surface area contributed by atoms with E-state index >= 15 is 0 Å². The second-order valence-electron chi connectivity index (χ2n) is 6.47. The molecule has 2 aromatic carbocycles. The van der Waals surface area contributed by atoms with Crippen molar-refractivity contribution in [3.05, 3.63) is 78.1 Å². The molecule has 0 atom stereocenters. The average Bonchev–Trinajstić information content (AvgIpc) is 2.99. The number of allylic oxidation sites excluding steroid dienone is 1. The monoisotopic (exact) mass is 465 g/mol. The Bertz CT molecular complexity index is 1200. The molecule has 27 heavy (non-hydrogen) atoms. The summed E-state index contributed by atoms with van der Waals surface area (Å²) in [7, 11) is 1.96. The molecule has 0 aliphatic rings. The first-order valence-electron chi connectivity index (χ1n) is 8.79. The van der Waals surface area contributed by atoms with Crippen LogP contribution in [-0.2, 0) is 13.6 Å². The van der Waals surface area contributed by atoms with Crippen molar-refractivity contribution in [1.29, 1.82) is 5.26 Å². The van der Waals surface area contributed by atoms with E-state index in [1.165, 1.54) is 21.8 Å². The summed E-state index contributed by atoms with van der Waals surface area (Å²) in [5.74, 6) is 0. The standard InChI is InChI=1S/C23H20N3.HI/c1-3-26-22-9-5-4-8-20(22)21-14-17(10-11-23(21)26)13-19(15-24)18-7-6-12-25(2)16-18;/h4-14,16H,3H2,1-2H3;1H/q+1;/p-1/b19-13+;. The van der Waals surface area contributed by atoms with Gasteiger partial charge in [-0.05, 0) is 42.8 Å². The predicted molar refractivity (Wildman–Crippen MR) is 106 cm³/mol. The fraction of sp³-hybridized carbons (Fsp3) is 0.130. The van der Waals surface area contributed by atoms with Gasteiger partial charge in [-0.3, -0.25) is 0 Å². The summed E-state index contributed by atoms with van der Waals surface area (Å²) in [4.78, 5) is 0. The van der Waals surface area contributed by atoms with Crippen molar-refractivity contribution in [3.8, 4) is 6.07 Å². The highest BCUT2D eigenvalue weighted by molar-refractivity contribution is 6.09. The highest BCUT2D eigenvalue weighted by Crippen LogP contribution is 2.30. The minimum atomic E-state index is 0. The molecule has 0 aliphatic carbocycles. The zero-order valence-electron chi connectivity index (χ0n) is 15.4. The molecule has 0 unspecified atom stereocenters. The van der Waals surface area contributed by atoms with Crippen molar-refractivity contribution in [2.45, 2.75) is 13.5 Å². The molecule has 0 saturated heterocycles. The van der Waals surface area contributed by atoms with Gasteiger partial charge in [-0.2, -0.15) is 5.26 Å². The van der Waals surface area contributed by atoms with E-state index in [9.17, 15) is 5.26 Å². The molecule has 0 aliphatic heterocycles. The molecule has 2 heterocycles. The van der Waals surface area contributed by atoms with Crippen LogP contribution in [-0.4, -0.2) is 4.57 Å². The van der Waals surface area contributed by atoms with Crippen LogP contribution in [0.3, 0.4) is 0 Å². The number of halogens is 1. The van der Waals surface area contributed by atoms with Gasteiger partial charge < -0.3 is 28.5 Å². The lowest BCUT2D eigenvalue weighted by molar-refractivity contribution is -0.671. The van der Waals surface area contributed by atoms with E-state index in [2.05, 4.69) is 60.0 Å². The zero-order valence-corrected chi connectivity index (χ0v) is 17.5. The first kappa shape index (κ1) is 19.1. The van der Waals surface area contributed by atoms with Gasteiger partial charge in [0.2, 0.25) is 0 Å². The number of pyridine rings is 1. The summed E-state index contributed by atoms with van der Waals surface area (Å²) < 4.78 is 4.29. The zero-order chi connectivity index (χ0) is 18.1. The van der Waals surface area contributed by atoms with Crippen LogP contribution in [0.25, 0.3) is 33.5 Å². The molecule has 4 rings (SSSR count). The topological polar surface area (TPSA) is 32.6 Å². The van der Waals surface area contributed by atoms with Gasteiger partial charge in [0.1, 0.15) is 13.1 Å². The van der Waals surface area contributed by atoms with E-state index in [4.69, 9.17) is 0 Å². The van der Waals surface area contributed by atoms with Crippen molar-refractivity contribution in [2.75, 3.05) is 0 Å². The van der Waals surface area contributed by atoms with Gasteiger partial charge in [0, 0.05) is 34.4 Å². The average molecular weight is 465 g/mol. The highest BCUT2D eigenvalue weighted by Gasteiger charge is 2.10. The predicted octanol–water partition coefficient (Wildman–Crippen LogP) is 1.71. The molecule has 0 amide bonds. The van der Waals surface area contributed by atoms with Gasteiger partial charge in [0.25, 0.3) is 0 Å². The Kier molecular flexibility index (Phi) is 5.62. The third kappa shape index (κ3) is 3.47. The fourth-order valence-corrected chi connectivity index (χ4v) is 3.60. The molecule has 0 N–H and O–H groups in total. The van der Waals surface area contributed by atoms with E-state index in [1.807, 2.05) is 42.2 Å². The van der Waals surface area contributed by atoms with E-state index in [1.54, 1.807) is 0 Å². The Balaban J connectivity index is 0.00000210. The Morgan fingerprint density at radius 3 is 2.59 bits per heavy atom. The Morgan fingerprint density at radius 1 is 1.07 bits per heavy atom. The van der Waals surface area contributed by atoms with Crippen LogP contribution in [0.4, 0.5) is 0 Å². The van der Waals surface area contributed by atoms with Gasteiger partial charge in [-0.15, -0.1) is 0 Å². The smallest absolute Gasteiger partial charge is 0.177 e. The molecule has 2 aromatic heterocycles. The number of fused-ring (bicyclic) bond motifs is 3. The third-order valence-electron chi connectivity index (χ3n) is 4.79. The molecular weight excluding hydrogens is 445 g/mol. The molecule has 134 valence electrons. The Morgan fingerprint density at radius 2 is 1.85 bits per heavy atom. The summed E-state index contributed by atoms with van der Waals surface area (Å²) >= 11 is 0. The lowest BCUT2D eigenvalue weighted by Gasteiger charge is -2.03. The first-order chi connectivity index (χ1) is 12.7. The summed E-state index contributed by atoms with van der Waals surface area (Å²) in [6, 6.07) is 21.2. The SMILES string of the molecule is CCn1c2ccccc2c2cc(/C=C(\C#N)c3ccc[n+](C)c3)ccc21.[I-]. The van der Waals surface area contributed by atoms with Crippen molar-refractivity contribution in [1.82, 2.24) is 4.57 Å². The number of aromatic nitrogens is 2. The van der Waals surface area contributed by atoms with Crippen LogP contribution < -0.4 is 28.5 Å². The number of aryl methyl sites for hydroxylation is 2. The maximum absolute atomic E-state index is 9.63. The molecular formula is C23H20IN3. The lowest BCUT2D eigenvalue weighted by Crippen LogP contribution is -3.00. The highest BCUT2D eigenvalue weighted by atomic mass is 127. The molecule has 3 nitrogen and oxygen atoms in total. The summed E-state index contributed by atoms with van der Waals surface area (Å²) in [6.07, 6.45) is 5.90. The number of hydrogen-bond acceptors (Lipinski definition) is 1. The normalized spacial score (nSPS) is 11.4. The summed E-state index contributed by atoms with van der Waals surface area (Å²) in [6.45, 7) is 3.10. The van der Waals surface area contributed by atoms with E-state index in [-0.39, 0.29) is 24.0 Å². The van der Waals surface area contributed by atoms with Crippen LogP contribution in [0.2, 0.25) is 0 Å². The molecule has 0 spiro atoms. The number of para-hydroxylation sites is 1. The quantitative estimate of drug-likeness (QED) is 0.258. The molecule has 0 bridgehead atoms. The molecule has 0 radical (unpaired) electrons. The number of nitriles is 1. The van der Waals surface area contributed by atoms with E-state index < -0.39 is 0 Å². The Labute approximate surface area is 176 Å². The first-order valence-corrected chi connectivity index (χ1v) is 8.79. The molecule has 4 aromatic rings. The van der Waals surface area contributed by atoms with Gasteiger partial charge in [0.05, 0.1) is 11.1 Å². The van der Waals surface area contributed by atoms with Crippen LogP contribution in [0.15, 0.2) is 67.0 Å². The van der Waals surface area contributed by atoms with Crippen molar-refractivity contribution >= 4 is 33.5 Å². The van der Waals surface area contributed by atoms with Crippen LogP contribution in [0, 0.1) is 11.3 Å². The number of nitrogens with zero attached hydrogens (tertiary/aromatic N) is 3. The summed E-state index contributed by atoms with van der Waals surface area (Å²) in [5.41, 5.74) is 5.12. The Hall–Kier alpha value is -2.65. The lowest BCUT2D eigenvalue weighted by atomic mass is 10.0. The number of hydrogen-bond donors (Lipinski definition) is 0. The molecule has 4 heteroatoms. The minimum absolute atomic E-state index is 0. The second-order valence-corrected chi connectivity index (χ2v) is 6.47. The van der Waals surface area contributed by atoms with Gasteiger partial charge in [-0.1, -0.05) is 24.3 Å². The van der Waals surface area contributed by atoms with Crippen molar-refractivity contribution in [2.24, 2.45) is 7.05 Å². The number of benzene rings is 2. The van der Waals surface area contributed by atoms with Crippen LogP contribution in [0.1, 0.15) is 18.1 Å². The van der Waals surface area contributed by atoms with Gasteiger partial charge >= 0.3 is 0 Å². The van der Waals surface area contributed by atoms with E-state index in [0.717, 1.165) is 17.7 Å².